The lowest BCUT2D eigenvalue weighted by Crippen LogP contribution is -2.55. The van der Waals surface area contributed by atoms with Gasteiger partial charge in [-0.1, -0.05) is 18.2 Å². The molecule has 36 heavy (non-hydrogen) atoms. The third-order valence-electron chi connectivity index (χ3n) is 6.63. The van der Waals surface area contributed by atoms with E-state index in [2.05, 4.69) is 20.9 Å². The van der Waals surface area contributed by atoms with Crippen molar-refractivity contribution in [3.8, 4) is 5.75 Å². The molecule has 2 aliphatic rings. The number of methoxy groups -OCH3 is 1. The van der Waals surface area contributed by atoms with Gasteiger partial charge in [-0.3, -0.25) is 9.78 Å². The maximum atomic E-state index is 13.6. The molecule has 5 rings (SSSR count). The molecule has 1 unspecified atom stereocenters. The molecule has 1 atom stereocenters. The largest absolute Gasteiger partial charge is 0.497 e. The molecule has 8 nitrogen and oxygen atoms in total. The minimum absolute atomic E-state index is 0.125. The molecule has 0 radical (unpaired) electrons. The number of alkyl halides is 1. The number of hydrogen-bond donors (Lipinski definition) is 1. The van der Waals surface area contributed by atoms with Crippen LogP contribution in [0.1, 0.15) is 23.6 Å². The normalized spacial score (nSPS) is 17.4. The first-order chi connectivity index (χ1) is 17.6. The first kappa shape index (κ1) is 23.6. The zero-order valence-corrected chi connectivity index (χ0v) is 20.0. The lowest BCUT2D eigenvalue weighted by molar-refractivity contribution is -0.137. The number of carbonyl (C=O) groups is 1. The van der Waals surface area contributed by atoms with Crippen LogP contribution in [0.2, 0.25) is 0 Å². The van der Waals surface area contributed by atoms with Crippen LogP contribution in [0.5, 0.6) is 5.75 Å². The van der Waals surface area contributed by atoms with Gasteiger partial charge in [0.15, 0.2) is 0 Å². The van der Waals surface area contributed by atoms with Crippen molar-refractivity contribution in [3.63, 3.8) is 0 Å². The summed E-state index contributed by atoms with van der Waals surface area (Å²) in [4.78, 5) is 27.5. The highest BCUT2D eigenvalue weighted by molar-refractivity contribution is 6.01. The van der Waals surface area contributed by atoms with Crippen LogP contribution in [-0.2, 0) is 11.5 Å². The van der Waals surface area contributed by atoms with Gasteiger partial charge in [0.1, 0.15) is 12.4 Å². The van der Waals surface area contributed by atoms with E-state index in [1.54, 1.807) is 37.7 Å². The molecule has 1 fully saturated rings. The second kappa shape index (κ2) is 10.2. The maximum Gasteiger partial charge on any atom is 0.305 e. The van der Waals surface area contributed by atoms with Crippen LogP contribution in [0.4, 0.5) is 21.5 Å². The Hall–Kier alpha value is -4.14. The van der Waals surface area contributed by atoms with E-state index in [0.29, 0.717) is 36.0 Å². The van der Waals surface area contributed by atoms with Gasteiger partial charge in [0.25, 0.3) is 0 Å². The van der Waals surface area contributed by atoms with Crippen LogP contribution in [0.15, 0.2) is 72.0 Å². The molecule has 1 N–H and O–H groups in total. The van der Waals surface area contributed by atoms with Crippen molar-refractivity contribution >= 4 is 29.0 Å². The molecule has 1 saturated heterocycles. The number of fused-ring (bicyclic) bond motifs is 1. The van der Waals surface area contributed by atoms with Crippen LogP contribution >= 0.6 is 0 Å². The predicted octanol–water partition coefficient (Wildman–Crippen LogP) is 4.41. The standard InChI is InChI=1S/C27H28FN5O3/c1-36-22-7-3-5-20(15-22)31-10-12-32(13-11-31)27-30-24-18-29-9-8-23(24)25(16-26(34)35)33(27)21-6-2-4-19(14-21)17-28/h2-9,14-15,18,25H,10-13,16-17H2,1H3,(H,34,35). The van der Waals surface area contributed by atoms with Gasteiger partial charge < -0.3 is 24.5 Å². The molecular formula is C27H28FN5O3. The van der Waals surface area contributed by atoms with E-state index in [0.717, 1.165) is 30.1 Å². The Balaban J connectivity index is 1.50. The summed E-state index contributed by atoms with van der Waals surface area (Å²) in [6.45, 7) is 2.29. The van der Waals surface area contributed by atoms with Gasteiger partial charge in [0.05, 0.1) is 31.5 Å². The van der Waals surface area contributed by atoms with E-state index < -0.39 is 18.7 Å². The van der Waals surface area contributed by atoms with E-state index in [1.807, 2.05) is 35.2 Å². The Labute approximate surface area is 209 Å². The third kappa shape index (κ3) is 4.68. The van der Waals surface area contributed by atoms with Crippen molar-refractivity contribution in [1.29, 1.82) is 0 Å². The summed E-state index contributed by atoms with van der Waals surface area (Å²) in [5, 5.41) is 9.78. The van der Waals surface area contributed by atoms with Crippen molar-refractivity contribution in [2.75, 3.05) is 43.1 Å². The van der Waals surface area contributed by atoms with Crippen molar-refractivity contribution < 1.29 is 19.0 Å². The number of pyridine rings is 1. The van der Waals surface area contributed by atoms with Crippen LogP contribution in [0.3, 0.4) is 0 Å². The number of nitrogens with zero attached hydrogens (tertiary/aromatic N) is 5. The number of guanidine groups is 1. The smallest absolute Gasteiger partial charge is 0.305 e. The van der Waals surface area contributed by atoms with E-state index in [-0.39, 0.29) is 6.42 Å². The summed E-state index contributed by atoms with van der Waals surface area (Å²) in [6, 6.07) is 16.5. The van der Waals surface area contributed by atoms with E-state index in [4.69, 9.17) is 9.73 Å². The number of hydrogen-bond acceptors (Lipinski definition) is 7. The first-order valence-electron chi connectivity index (χ1n) is 11.9. The van der Waals surface area contributed by atoms with E-state index >= 15 is 0 Å². The van der Waals surface area contributed by atoms with Crippen molar-refractivity contribution in [1.82, 2.24) is 9.88 Å². The van der Waals surface area contributed by atoms with E-state index in [9.17, 15) is 14.3 Å². The SMILES string of the molecule is COc1cccc(N2CCN(C3=Nc4cnccc4C(CC(=O)O)N3c3cccc(CF)c3)CC2)c1. The lowest BCUT2D eigenvalue weighted by Gasteiger charge is -2.45. The monoisotopic (exact) mass is 489 g/mol. The van der Waals surface area contributed by atoms with Gasteiger partial charge in [-0.2, -0.15) is 0 Å². The number of aromatic nitrogens is 1. The molecular weight excluding hydrogens is 461 g/mol. The van der Waals surface area contributed by atoms with Crippen LogP contribution in [0, 0.1) is 0 Å². The summed E-state index contributed by atoms with van der Waals surface area (Å²) in [5.74, 6) is 0.549. The average Bonchev–Trinajstić information content (AvgIpc) is 2.92. The summed E-state index contributed by atoms with van der Waals surface area (Å²) in [6.07, 6.45) is 3.20. The number of ether oxygens (including phenoxy) is 1. The van der Waals surface area contributed by atoms with Crippen molar-refractivity contribution in [3.05, 3.63) is 78.1 Å². The molecule has 2 aliphatic heterocycles. The molecule has 0 aliphatic carbocycles. The molecule has 1 aromatic heterocycles. The molecule has 0 spiro atoms. The molecule has 3 aromatic rings. The van der Waals surface area contributed by atoms with E-state index in [1.165, 1.54) is 0 Å². The van der Waals surface area contributed by atoms with Crippen LogP contribution in [0.25, 0.3) is 0 Å². The molecule has 186 valence electrons. The Morgan fingerprint density at radius 1 is 1.06 bits per heavy atom. The lowest BCUT2D eigenvalue weighted by atomic mass is 9.98. The fourth-order valence-corrected chi connectivity index (χ4v) is 4.86. The number of aliphatic carboxylic acids is 1. The summed E-state index contributed by atoms with van der Waals surface area (Å²) < 4.78 is 18.9. The van der Waals surface area contributed by atoms with Crippen LogP contribution < -0.4 is 14.5 Å². The second-order valence-corrected chi connectivity index (χ2v) is 8.81. The Morgan fingerprint density at radius 2 is 1.81 bits per heavy atom. The van der Waals surface area contributed by atoms with Gasteiger partial charge in [0.2, 0.25) is 5.96 Å². The van der Waals surface area contributed by atoms with Crippen molar-refractivity contribution in [2.45, 2.75) is 19.1 Å². The average molecular weight is 490 g/mol. The van der Waals surface area contributed by atoms with Gasteiger partial charge in [-0.25, -0.2) is 9.38 Å². The molecule has 9 heteroatoms. The molecule has 0 saturated carbocycles. The van der Waals surface area contributed by atoms with Gasteiger partial charge >= 0.3 is 5.97 Å². The number of halogens is 1. The predicted molar refractivity (Wildman–Crippen MR) is 137 cm³/mol. The number of aliphatic imine (C=N–C) groups is 1. The number of rotatable bonds is 6. The number of carboxylic acids is 1. The second-order valence-electron chi connectivity index (χ2n) is 8.81. The summed E-state index contributed by atoms with van der Waals surface area (Å²) in [5.41, 5.74) is 3.78. The minimum atomic E-state index is -0.918. The highest BCUT2D eigenvalue weighted by Crippen LogP contribution is 2.40. The zero-order valence-electron chi connectivity index (χ0n) is 20.0. The van der Waals surface area contributed by atoms with Gasteiger partial charge in [0, 0.05) is 55.4 Å². The van der Waals surface area contributed by atoms with Crippen molar-refractivity contribution in [2.24, 2.45) is 4.99 Å². The number of anilines is 2. The summed E-state index contributed by atoms with van der Waals surface area (Å²) in [7, 11) is 1.66. The quantitative estimate of drug-likeness (QED) is 0.549. The molecule has 2 aromatic carbocycles. The Kier molecular flexibility index (Phi) is 6.71. The highest BCUT2D eigenvalue weighted by Gasteiger charge is 2.36. The number of piperazine rings is 1. The molecule has 0 amide bonds. The Bertz CT molecular complexity index is 1280. The molecule has 0 bridgehead atoms. The first-order valence-corrected chi connectivity index (χ1v) is 11.9. The minimum Gasteiger partial charge on any atom is -0.497 e. The molecule has 3 heterocycles. The summed E-state index contributed by atoms with van der Waals surface area (Å²) >= 11 is 0. The maximum absolute atomic E-state index is 13.6. The van der Waals surface area contributed by atoms with Gasteiger partial charge in [-0.15, -0.1) is 0 Å². The third-order valence-corrected chi connectivity index (χ3v) is 6.63. The fourth-order valence-electron chi connectivity index (χ4n) is 4.86. The highest BCUT2D eigenvalue weighted by atomic mass is 19.1. The Morgan fingerprint density at radius 3 is 2.56 bits per heavy atom. The van der Waals surface area contributed by atoms with Crippen LogP contribution in [-0.4, -0.2) is 60.2 Å². The fraction of sp³-hybridized carbons (Fsp3) is 0.296. The van der Waals surface area contributed by atoms with Gasteiger partial charge in [-0.05, 0) is 35.9 Å². The number of carboxylic acid groups (broad SMARTS) is 1. The topological polar surface area (TPSA) is 81.5 Å². The zero-order chi connectivity index (χ0) is 25.1. The number of benzene rings is 2.